The lowest BCUT2D eigenvalue weighted by molar-refractivity contribution is -0.144. The van der Waals surface area contributed by atoms with Gasteiger partial charge in [-0.05, 0) is 132 Å². The molecule has 3 aliphatic rings. The summed E-state index contributed by atoms with van der Waals surface area (Å²) < 4.78 is 4.98. The van der Waals surface area contributed by atoms with Gasteiger partial charge >= 0.3 is 5.97 Å². The molecular formula is C87H136N22O14. The molecule has 36 nitrogen and oxygen atoms in total. The second-order valence-electron chi connectivity index (χ2n) is 31.8. The number of nitrogens with one attached hydrogen (secondary N) is 13. The molecule has 15 N–H and O–H groups in total. The van der Waals surface area contributed by atoms with Crippen LogP contribution in [0.15, 0.2) is 77.8 Å². The summed E-state index contributed by atoms with van der Waals surface area (Å²) >= 11 is 0. The molecule has 3 aliphatic heterocycles. The highest BCUT2D eigenvalue weighted by Gasteiger charge is 2.36. The Morgan fingerprint density at radius 3 is 1.76 bits per heavy atom. The van der Waals surface area contributed by atoms with Crippen molar-refractivity contribution in [1.82, 2.24) is 97.9 Å². The number of aromatic nitrogens is 2. The number of ether oxygens (including phenoxy) is 1. The molecule has 2 fully saturated rings. The molecule has 2 saturated heterocycles. The molecule has 4 heterocycles. The minimum atomic E-state index is -1.29. The van der Waals surface area contributed by atoms with Crippen LogP contribution in [0.5, 0.6) is 0 Å². The number of anilines is 1. The fourth-order valence-electron chi connectivity index (χ4n) is 15.1. The lowest BCUT2D eigenvalue weighted by atomic mass is 10.0. The Labute approximate surface area is 723 Å². The maximum atomic E-state index is 14.7. The van der Waals surface area contributed by atoms with Crippen molar-refractivity contribution in [1.29, 1.82) is 0 Å². The predicted molar refractivity (Wildman–Crippen MR) is 470 cm³/mol. The van der Waals surface area contributed by atoms with Gasteiger partial charge in [-0.3, -0.25) is 72.2 Å². The van der Waals surface area contributed by atoms with Crippen LogP contribution in [-0.4, -0.2) is 303 Å². The second kappa shape index (κ2) is 53.2. The molecule has 123 heavy (non-hydrogen) atoms. The number of guanidine groups is 1. The number of H-pyrrole nitrogens is 1. The molecule has 3 aromatic carbocycles. The number of carbonyl (C=O) groups is 13. The van der Waals surface area contributed by atoms with E-state index in [2.05, 4.69) is 119 Å². The number of esters is 1. The van der Waals surface area contributed by atoms with E-state index in [1.165, 1.54) is 14.2 Å². The molecular weight excluding hydrogens is 1580 g/mol. The summed E-state index contributed by atoms with van der Waals surface area (Å²) in [6, 6.07) is 12.6. The molecule has 0 radical (unpaired) electrons. The number of likely N-dealkylation sites (N-methyl/N-ethyl adjacent to an activating group) is 3. The molecule has 4 aromatic rings. The summed E-state index contributed by atoms with van der Waals surface area (Å²) in [6.45, 7) is 21.8. The van der Waals surface area contributed by atoms with Gasteiger partial charge in [0.05, 0.1) is 44.2 Å². The van der Waals surface area contributed by atoms with Crippen LogP contribution < -0.4 is 69.5 Å². The van der Waals surface area contributed by atoms with Crippen LogP contribution in [0.25, 0.3) is 11.0 Å². The zero-order valence-electron chi connectivity index (χ0n) is 73.6. The zero-order chi connectivity index (χ0) is 89.2. The average Bonchev–Trinajstić information content (AvgIpc) is 1.69. The van der Waals surface area contributed by atoms with Crippen LogP contribution in [0.4, 0.5) is 5.69 Å². The van der Waals surface area contributed by atoms with Crippen LogP contribution in [0.3, 0.4) is 0 Å². The normalized spacial score (nSPS) is 19.3. The van der Waals surface area contributed by atoms with E-state index in [1.54, 1.807) is 72.3 Å². The van der Waals surface area contributed by atoms with Gasteiger partial charge < -0.3 is 104 Å². The quantitative estimate of drug-likeness (QED) is 0.0130. The van der Waals surface area contributed by atoms with Crippen molar-refractivity contribution in [3.8, 4) is 0 Å². The molecule has 36 heteroatoms. The first-order valence-electron chi connectivity index (χ1n) is 44.1. The lowest BCUT2D eigenvalue weighted by Gasteiger charge is -2.33. The maximum Gasteiger partial charge on any atom is 0.308 e. The third kappa shape index (κ3) is 33.7. The molecule has 0 bridgehead atoms. The van der Waals surface area contributed by atoms with Crippen LogP contribution in [0, 0.1) is 0 Å². The van der Waals surface area contributed by atoms with E-state index in [0.29, 0.717) is 92.8 Å². The number of rotatable bonds is 42. The Morgan fingerprint density at radius 2 is 1.14 bits per heavy atom. The zero-order valence-corrected chi connectivity index (χ0v) is 73.6. The van der Waals surface area contributed by atoms with Gasteiger partial charge in [-0.15, -0.1) is 0 Å². The molecule has 12 amide bonds. The van der Waals surface area contributed by atoms with Crippen molar-refractivity contribution in [3.63, 3.8) is 0 Å². The topological polar surface area (TPSA) is 462 Å². The van der Waals surface area contributed by atoms with Crippen molar-refractivity contribution in [3.05, 3.63) is 95.3 Å². The summed E-state index contributed by atoms with van der Waals surface area (Å²) in [4.78, 5) is 207. The number of hydrogen-bond donors (Lipinski definition) is 14. The number of para-hydroxylation sites is 2. The van der Waals surface area contributed by atoms with E-state index in [-0.39, 0.29) is 134 Å². The number of amides is 12. The Kier molecular flexibility index (Phi) is 43.0. The summed E-state index contributed by atoms with van der Waals surface area (Å²) in [5, 5.41) is 34.3. The number of nitrogens with zero attached hydrogens (tertiary/aromatic N) is 8. The Balaban J connectivity index is 1.02. The van der Waals surface area contributed by atoms with E-state index in [1.807, 2.05) is 38.1 Å². The first kappa shape index (κ1) is 99.3. The molecule has 7 rings (SSSR count). The standard InChI is InChI=1S/C87H136N22O14/c1-10-28-66(98-76(112)58-108-50-48-106(14-5)46-44-105(13-4)45-47-107(15-6)49-51-108)81(117)99-67(29-11-2)82(118)102-70(78(114)91-41-24-16-17-26-43-109-56-61-53-60(36-37-63(61)94-72(86(109)122)54-77(113)123-9)85(121)104(8)57-73-95-64-32-21-22-33-65(64)96-73)38-39-74(110)90-40-25-23-34-69-83(119)100-68(35-27-42-92-87(88)89-7)79(115)93-55-75(111)97-62(12-3)80(116)103-71(84(120)101-69)52-59-30-19-18-20-31-59/h18-22,30-33,36-37,53,62,66-72,94H,10-17,23-29,34-35,38-52,54-58H2,1-9H3,(H,90,110)(H,91,114)(H,93,115)(H,95,96)(H,97,111)(H,98,112)(H,99,117)(H,100,119)(H,101,120)(H,102,118)(H,103,116)(H3,88,89,92)/t62-,66-,67+,68-,69-,70+,71+,72-/m0/s1. The third-order valence-corrected chi connectivity index (χ3v) is 22.6. The smallest absolute Gasteiger partial charge is 0.308 e. The van der Waals surface area contributed by atoms with E-state index < -0.39 is 114 Å². The number of unbranched alkanes of at least 4 members (excludes halogenated alkanes) is 4. The molecule has 0 unspecified atom stereocenters. The maximum absolute atomic E-state index is 14.7. The first-order valence-corrected chi connectivity index (χ1v) is 44.1. The van der Waals surface area contributed by atoms with Crippen LogP contribution in [-0.2, 0) is 81.8 Å². The number of nitrogens with two attached hydrogens (primary N) is 1. The summed E-state index contributed by atoms with van der Waals surface area (Å²) in [7, 11) is 4.44. The van der Waals surface area contributed by atoms with Gasteiger partial charge in [-0.25, -0.2) is 4.98 Å². The largest absolute Gasteiger partial charge is 0.469 e. The number of methoxy groups -OCH3 is 1. The monoisotopic (exact) mass is 1710 g/mol. The van der Waals surface area contributed by atoms with Crippen molar-refractivity contribution in [2.24, 2.45) is 10.7 Å². The van der Waals surface area contributed by atoms with Crippen LogP contribution in [0.2, 0.25) is 0 Å². The number of aromatic amines is 1. The minimum Gasteiger partial charge on any atom is -0.469 e. The van der Waals surface area contributed by atoms with E-state index in [9.17, 15) is 62.3 Å². The Hall–Kier alpha value is -10.9. The van der Waals surface area contributed by atoms with Crippen LogP contribution in [0.1, 0.15) is 178 Å². The number of hydrogen-bond acceptors (Lipinski definition) is 21. The molecule has 1 aromatic heterocycles. The minimum absolute atomic E-state index is 0.000574. The highest BCUT2D eigenvalue weighted by atomic mass is 16.5. The first-order chi connectivity index (χ1) is 59.3. The van der Waals surface area contributed by atoms with Crippen molar-refractivity contribution in [2.45, 2.75) is 219 Å². The van der Waals surface area contributed by atoms with Crippen molar-refractivity contribution in [2.75, 3.05) is 138 Å². The van der Waals surface area contributed by atoms with Gasteiger partial charge in [0.15, 0.2) is 5.96 Å². The molecule has 0 saturated carbocycles. The SMILES string of the molecule is CCC[C@H](NC(=O)CN1CCN(CC)CCN(CC)CCN(CC)CC1)C(=O)N[C@H](CCC)C(=O)N[C@H](CCC(=O)NCCCC[C@@H]1NC(=O)[C@@H](Cc2ccccc2)NC(=O)[C@H](CC)NC(=O)CNC(=O)[C@H](CCCNC(N)=NC)NC1=O)C(=O)NCCCCCCN1Cc2cc(C(=O)N(C)Cc3nc4ccccc4[nH]3)ccc2N[C@@H](CC(=O)OC)C1=O. The number of aliphatic imine (C=N–C) groups is 1. The highest BCUT2D eigenvalue weighted by molar-refractivity contribution is 5.99. The van der Waals surface area contributed by atoms with E-state index in [0.717, 1.165) is 69.9 Å². The van der Waals surface area contributed by atoms with Crippen molar-refractivity contribution >= 4 is 99.5 Å². The van der Waals surface area contributed by atoms with Crippen LogP contribution >= 0.6 is 0 Å². The van der Waals surface area contributed by atoms with Gasteiger partial charge in [-0.2, -0.15) is 0 Å². The van der Waals surface area contributed by atoms with Gasteiger partial charge in [-0.1, -0.05) is 110 Å². The van der Waals surface area contributed by atoms with E-state index in [4.69, 9.17) is 10.5 Å². The van der Waals surface area contributed by atoms with Gasteiger partial charge in [0.25, 0.3) is 5.91 Å². The fraction of sp³-hybridized carbons (Fsp3) is 0.621. The summed E-state index contributed by atoms with van der Waals surface area (Å²) in [5.41, 5.74) is 9.83. The number of imidazole rings is 1. The average molecular weight is 1710 g/mol. The Bertz CT molecular complexity index is 4080. The second-order valence-corrected chi connectivity index (χ2v) is 31.8. The molecule has 0 spiro atoms. The van der Waals surface area contributed by atoms with Gasteiger partial charge in [0.1, 0.15) is 54.2 Å². The summed E-state index contributed by atoms with van der Waals surface area (Å²) in [5.74, 6) is -6.47. The van der Waals surface area contributed by atoms with Crippen molar-refractivity contribution < 1.29 is 67.1 Å². The highest BCUT2D eigenvalue weighted by Crippen LogP contribution is 2.28. The molecule has 8 atom stereocenters. The summed E-state index contributed by atoms with van der Waals surface area (Å²) in [6.07, 6.45) is 4.03. The van der Waals surface area contributed by atoms with Gasteiger partial charge in [0, 0.05) is 123 Å². The number of carbonyl (C=O) groups excluding carboxylic acids is 13. The molecule has 0 aliphatic carbocycles. The number of fused-ring (bicyclic) bond motifs is 2. The number of benzene rings is 3. The fourth-order valence-corrected chi connectivity index (χ4v) is 15.1. The Morgan fingerprint density at radius 1 is 0.577 bits per heavy atom. The molecule has 678 valence electrons. The van der Waals surface area contributed by atoms with Gasteiger partial charge in [0.2, 0.25) is 65.0 Å². The lowest BCUT2D eigenvalue weighted by Crippen LogP contribution is -2.58. The predicted octanol–water partition coefficient (Wildman–Crippen LogP) is 1.64. The van der Waals surface area contributed by atoms with E-state index >= 15 is 0 Å². The third-order valence-electron chi connectivity index (χ3n) is 22.6.